The van der Waals surface area contributed by atoms with Crippen molar-refractivity contribution in [1.29, 1.82) is 0 Å². The quantitative estimate of drug-likeness (QED) is 0.734. The van der Waals surface area contributed by atoms with Crippen molar-refractivity contribution in [2.24, 2.45) is 0 Å². The van der Waals surface area contributed by atoms with Gasteiger partial charge in [0.1, 0.15) is 0 Å². The first-order valence-corrected chi connectivity index (χ1v) is 11.9. The largest absolute Gasteiger partial charge is 0.345 e. The van der Waals surface area contributed by atoms with Gasteiger partial charge in [-0.2, -0.15) is 0 Å². The molecule has 152 valence electrons. The molecule has 1 amide bonds. The fourth-order valence-corrected chi connectivity index (χ4v) is 4.20. The number of rotatable bonds is 7. The predicted octanol–water partition coefficient (Wildman–Crippen LogP) is 2.22. The molecule has 2 aromatic carbocycles. The highest BCUT2D eigenvalue weighted by molar-refractivity contribution is 7.90. The van der Waals surface area contributed by atoms with Gasteiger partial charge in [0.25, 0.3) is 5.91 Å². The zero-order chi connectivity index (χ0) is 21.1. The zero-order valence-corrected chi connectivity index (χ0v) is 17.8. The van der Waals surface area contributed by atoms with E-state index in [1.807, 2.05) is 6.92 Å². The van der Waals surface area contributed by atoms with Crippen LogP contribution in [-0.2, 0) is 19.9 Å². The maximum absolute atomic E-state index is 12.6. The Morgan fingerprint density at radius 1 is 1.00 bits per heavy atom. The van der Waals surface area contributed by atoms with Crippen molar-refractivity contribution >= 4 is 25.8 Å². The van der Waals surface area contributed by atoms with Crippen LogP contribution < -0.4 is 5.32 Å². The Morgan fingerprint density at radius 2 is 1.61 bits per heavy atom. The summed E-state index contributed by atoms with van der Waals surface area (Å²) in [4.78, 5) is 12.9. The van der Waals surface area contributed by atoms with E-state index in [0.717, 1.165) is 16.1 Å². The number of nitrogens with one attached hydrogen (secondary N) is 1. The summed E-state index contributed by atoms with van der Waals surface area (Å²) in [7, 11) is -4.08. The van der Waals surface area contributed by atoms with Crippen LogP contribution in [0.5, 0.6) is 0 Å². The van der Waals surface area contributed by atoms with Gasteiger partial charge in [0, 0.05) is 25.9 Å². The summed E-state index contributed by atoms with van der Waals surface area (Å²) >= 11 is 0. The smallest absolute Gasteiger partial charge is 0.251 e. The lowest BCUT2D eigenvalue weighted by Crippen LogP contribution is -2.28. The lowest BCUT2D eigenvalue weighted by atomic mass is 10.0. The van der Waals surface area contributed by atoms with Crippen LogP contribution in [0, 0.1) is 0 Å². The van der Waals surface area contributed by atoms with E-state index >= 15 is 0 Å². The molecule has 0 aliphatic carbocycles. The van der Waals surface area contributed by atoms with Gasteiger partial charge in [-0.3, -0.25) is 4.79 Å². The van der Waals surface area contributed by atoms with E-state index in [1.165, 1.54) is 44.4 Å². The molecule has 28 heavy (non-hydrogen) atoms. The van der Waals surface area contributed by atoms with Gasteiger partial charge in [0.2, 0.25) is 10.0 Å². The first-order chi connectivity index (χ1) is 13.0. The standard InChI is InChI=1S/C19H24N2O5S2/c1-5-18(14-9-11-16(12-10-14)27(4,23)24)20-19(22)15-7-6-8-17(13-15)28(25,26)21(2)3/h6-13,18H,5H2,1-4H3,(H,20,22). The summed E-state index contributed by atoms with van der Waals surface area (Å²) in [5, 5.41) is 2.87. The Morgan fingerprint density at radius 3 is 2.11 bits per heavy atom. The molecule has 1 atom stereocenters. The molecule has 0 radical (unpaired) electrons. The van der Waals surface area contributed by atoms with Crippen LogP contribution in [0.2, 0.25) is 0 Å². The number of nitrogens with zero attached hydrogens (tertiary/aromatic N) is 1. The highest BCUT2D eigenvalue weighted by Crippen LogP contribution is 2.21. The average molecular weight is 425 g/mol. The monoisotopic (exact) mass is 424 g/mol. The van der Waals surface area contributed by atoms with Crippen LogP contribution in [0.25, 0.3) is 0 Å². The lowest BCUT2D eigenvalue weighted by Gasteiger charge is -2.18. The fraction of sp³-hybridized carbons (Fsp3) is 0.316. The van der Waals surface area contributed by atoms with Crippen molar-refractivity contribution in [3.05, 3.63) is 59.7 Å². The van der Waals surface area contributed by atoms with Crippen LogP contribution in [-0.4, -0.2) is 47.4 Å². The van der Waals surface area contributed by atoms with Crippen molar-refractivity contribution < 1.29 is 21.6 Å². The first-order valence-electron chi connectivity index (χ1n) is 8.60. The number of carbonyl (C=O) groups excluding carboxylic acids is 1. The normalized spacial score (nSPS) is 13.3. The molecule has 0 aliphatic heterocycles. The number of sulfonamides is 1. The molecule has 2 aromatic rings. The fourth-order valence-electron chi connectivity index (χ4n) is 2.62. The van der Waals surface area contributed by atoms with Crippen LogP contribution >= 0.6 is 0 Å². The lowest BCUT2D eigenvalue weighted by molar-refractivity contribution is 0.0935. The number of carbonyl (C=O) groups is 1. The minimum absolute atomic E-state index is 0.0377. The maximum Gasteiger partial charge on any atom is 0.251 e. The third-order valence-electron chi connectivity index (χ3n) is 4.30. The third-order valence-corrected chi connectivity index (χ3v) is 7.24. The number of benzene rings is 2. The molecule has 7 nitrogen and oxygen atoms in total. The average Bonchev–Trinajstić information content (AvgIpc) is 2.65. The number of hydrogen-bond donors (Lipinski definition) is 1. The second-order valence-corrected chi connectivity index (χ2v) is 10.8. The van der Waals surface area contributed by atoms with E-state index < -0.39 is 25.8 Å². The molecule has 0 spiro atoms. The summed E-state index contributed by atoms with van der Waals surface area (Å²) in [6.45, 7) is 1.89. The van der Waals surface area contributed by atoms with Gasteiger partial charge in [-0.25, -0.2) is 21.1 Å². The molecular weight excluding hydrogens is 400 g/mol. The van der Waals surface area contributed by atoms with Crippen molar-refractivity contribution in [3.8, 4) is 0 Å². The van der Waals surface area contributed by atoms with Gasteiger partial charge < -0.3 is 5.32 Å². The van der Waals surface area contributed by atoms with E-state index in [1.54, 1.807) is 18.2 Å². The maximum atomic E-state index is 12.6. The Labute approximate surface area is 166 Å². The third kappa shape index (κ3) is 4.98. The van der Waals surface area contributed by atoms with Gasteiger partial charge in [-0.05, 0) is 42.3 Å². The van der Waals surface area contributed by atoms with Gasteiger partial charge in [-0.1, -0.05) is 25.1 Å². The predicted molar refractivity (Wildman–Crippen MR) is 107 cm³/mol. The molecule has 0 bridgehead atoms. The van der Waals surface area contributed by atoms with E-state index in [-0.39, 0.29) is 21.4 Å². The SMILES string of the molecule is CCC(NC(=O)c1cccc(S(=O)(=O)N(C)C)c1)c1ccc(S(C)(=O)=O)cc1. The molecule has 1 unspecified atom stereocenters. The van der Waals surface area contributed by atoms with Crippen molar-refractivity contribution in [2.45, 2.75) is 29.2 Å². The van der Waals surface area contributed by atoms with E-state index in [2.05, 4.69) is 5.32 Å². The zero-order valence-electron chi connectivity index (χ0n) is 16.2. The Balaban J connectivity index is 2.25. The minimum Gasteiger partial charge on any atom is -0.345 e. The van der Waals surface area contributed by atoms with Gasteiger partial charge >= 0.3 is 0 Å². The Bertz CT molecular complexity index is 1060. The first kappa shape index (κ1) is 22.1. The molecular formula is C19H24N2O5S2. The number of hydrogen-bond acceptors (Lipinski definition) is 5. The number of sulfone groups is 1. The van der Waals surface area contributed by atoms with Crippen molar-refractivity contribution in [2.75, 3.05) is 20.4 Å². The van der Waals surface area contributed by atoms with Crippen molar-refractivity contribution in [1.82, 2.24) is 9.62 Å². The number of amides is 1. The topological polar surface area (TPSA) is 101 Å². The van der Waals surface area contributed by atoms with Crippen LogP contribution in [0.4, 0.5) is 0 Å². The molecule has 0 heterocycles. The highest BCUT2D eigenvalue weighted by Gasteiger charge is 2.20. The van der Waals surface area contributed by atoms with E-state index in [9.17, 15) is 21.6 Å². The second-order valence-electron chi connectivity index (χ2n) is 6.59. The van der Waals surface area contributed by atoms with Gasteiger partial charge in [-0.15, -0.1) is 0 Å². The van der Waals surface area contributed by atoms with Crippen LogP contribution in [0.3, 0.4) is 0 Å². The van der Waals surface area contributed by atoms with Gasteiger partial charge in [0.05, 0.1) is 15.8 Å². The van der Waals surface area contributed by atoms with Gasteiger partial charge in [0.15, 0.2) is 9.84 Å². The Kier molecular flexibility index (Phi) is 6.63. The molecule has 0 fully saturated rings. The molecule has 0 saturated carbocycles. The van der Waals surface area contributed by atoms with Crippen LogP contribution in [0.15, 0.2) is 58.3 Å². The highest BCUT2D eigenvalue weighted by atomic mass is 32.2. The second kappa shape index (κ2) is 8.42. The molecule has 0 aliphatic rings. The van der Waals surface area contributed by atoms with E-state index in [0.29, 0.717) is 6.42 Å². The Hall–Kier alpha value is -2.23. The molecule has 0 saturated heterocycles. The summed E-state index contributed by atoms with van der Waals surface area (Å²) in [6, 6.07) is 11.8. The van der Waals surface area contributed by atoms with Crippen molar-refractivity contribution in [3.63, 3.8) is 0 Å². The summed E-state index contributed by atoms with van der Waals surface area (Å²) < 4.78 is 48.8. The van der Waals surface area contributed by atoms with E-state index in [4.69, 9.17) is 0 Å². The molecule has 1 N–H and O–H groups in total. The molecule has 9 heteroatoms. The molecule has 0 aromatic heterocycles. The molecule has 2 rings (SSSR count). The minimum atomic E-state index is -3.64. The summed E-state index contributed by atoms with van der Waals surface area (Å²) in [5.41, 5.74) is 0.995. The summed E-state index contributed by atoms with van der Waals surface area (Å²) in [6.07, 6.45) is 1.72. The van der Waals surface area contributed by atoms with Crippen LogP contribution in [0.1, 0.15) is 35.3 Å². The summed E-state index contributed by atoms with van der Waals surface area (Å²) in [5.74, 6) is -0.408.